The van der Waals surface area contributed by atoms with Crippen molar-refractivity contribution in [2.75, 3.05) is 24.2 Å². The number of primary amides is 1. The van der Waals surface area contributed by atoms with Crippen LogP contribution in [0.4, 0.5) is 15.5 Å². The number of rotatable bonds is 7. The summed E-state index contributed by atoms with van der Waals surface area (Å²) < 4.78 is 0. The second-order valence-corrected chi connectivity index (χ2v) is 8.93. The first-order valence-corrected chi connectivity index (χ1v) is 11.1. The summed E-state index contributed by atoms with van der Waals surface area (Å²) in [6.45, 7) is 3.26. The number of benzene rings is 1. The molecule has 2 aromatic rings. The molecule has 29 heavy (non-hydrogen) atoms. The molecule has 0 bridgehead atoms. The van der Waals surface area contributed by atoms with Crippen molar-refractivity contribution < 1.29 is 9.59 Å². The number of unbranched alkanes of at least 4 members (excludes halogenated alkanes) is 1. The van der Waals surface area contributed by atoms with Crippen molar-refractivity contribution in [2.24, 2.45) is 5.73 Å². The van der Waals surface area contributed by atoms with E-state index < -0.39 is 11.9 Å². The Labute approximate surface area is 180 Å². The molecule has 0 fully saturated rings. The minimum absolute atomic E-state index is 0.412. The Bertz CT molecular complexity index is 882. The zero-order chi connectivity index (χ0) is 21.0. The van der Waals surface area contributed by atoms with Gasteiger partial charge in [0.2, 0.25) is 0 Å². The minimum atomic E-state index is -0.498. The van der Waals surface area contributed by atoms with Gasteiger partial charge in [-0.15, -0.1) is 11.3 Å². The molecule has 1 aliphatic rings. The molecule has 0 saturated carbocycles. The lowest BCUT2D eigenvalue weighted by Gasteiger charge is -2.31. The predicted octanol–water partition coefficient (Wildman–Crippen LogP) is 4.73. The van der Waals surface area contributed by atoms with Crippen molar-refractivity contribution in [1.29, 1.82) is 0 Å². The summed E-state index contributed by atoms with van der Waals surface area (Å²) in [5, 5.41) is 6.68. The van der Waals surface area contributed by atoms with Crippen molar-refractivity contribution >= 4 is 45.6 Å². The number of halogens is 1. The highest BCUT2D eigenvalue weighted by Crippen LogP contribution is 2.39. The molecule has 0 spiro atoms. The summed E-state index contributed by atoms with van der Waals surface area (Å²) in [5.41, 5.74) is 7.72. The van der Waals surface area contributed by atoms with Gasteiger partial charge in [-0.3, -0.25) is 10.1 Å². The predicted molar refractivity (Wildman–Crippen MR) is 120 cm³/mol. The Morgan fingerprint density at radius 3 is 2.66 bits per heavy atom. The van der Waals surface area contributed by atoms with Crippen molar-refractivity contribution in [3.63, 3.8) is 0 Å². The van der Waals surface area contributed by atoms with E-state index in [4.69, 9.17) is 17.3 Å². The van der Waals surface area contributed by atoms with E-state index in [0.29, 0.717) is 27.3 Å². The maximum atomic E-state index is 12.4. The number of hydrogen-bond donors (Lipinski definition) is 3. The van der Waals surface area contributed by atoms with Gasteiger partial charge < -0.3 is 16.0 Å². The Balaban J connectivity index is 1.74. The average Bonchev–Trinajstić information content (AvgIpc) is 3.04. The Kier molecular flexibility index (Phi) is 7.16. The molecule has 1 atom stereocenters. The maximum Gasteiger partial charge on any atom is 0.324 e. The fourth-order valence-electron chi connectivity index (χ4n) is 3.68. The molecule has 1 unspecified atom stereocenters. The van der Waals surface area contributed by atoms with Gasteiger partial charge in [0.1, 0.15) is 5.00 Å². The van der Waals surface area contributed by atoms with Gasteiger partial charge in [0.15, 0.2) is 0 Å². The molecule has 1 aromatic heterocycles. The second kappa shape index (κ2) is 9.61. The standard InChI is InChI=1S/C21H27ClN4O2S/c1-3-4-11-26(2)15-9-10-16-17(12-15)29-20(18(16)19(23)27)25-21(28)24-14-7-5-13(22)6-8-14/h5-8,15H,3-4,9-12H2,1-2H3,(H2,23,27)(H2,24,25,28). The molecular weight excluding hydrogens is 408 g/mol. The lowest BCUT2D eigenvalue weighted by atomic mass is 9.90. The van der Waals surface area contributed by atoms with Crippen LogP contribution in [0, 0.1) is 0 Å². The van der Waals surface area contributed by atoms with Crippen LogP contribution in [-0.2, 0) is 12.8 Å². The van der Waals surface area contributed by atoms with E-state index in [-0.39, 0.29) is 0 Å². The lowest BCUT2D eigenvalue weighted by molar-refractivity contribution is 0.1000. The largest absolute Gasteiger partial charge is 0.365 e. The van der Waals surface area contributed by atoms with Crippen LogP contribution in [0.3, 0.4) is 0 Å². The summed E-state index contributed by atoms with van der Waals surface area (Å²) in [6.07, 6.45) is 5.01. The van der Waals surface area contributed by atoms with Gasteiger partial charge in [-0.1, -0.05) is 24.9 Å². The summed E-state index contributed by atoms with van der Waals surface area (Å²) in [5.74, 6) is -0.498. The van der Waals surface area contributed by atoms with Gasteiger partial charge in [-0.05, 0) is 69.1 Å². The SMILES string of the molecule is CCCCN(C)C1CCc2c(sc(NC(=O)Nc3ccc(Cl)cc3)c2C(N)=O)C1. The van der Waals surface area contributed by atoms with Gasteiger partial charge in [-0.25, -0.2) is 4.79 Å². The highest BCUT2D eigenvalue weighted by Gasteiger charge is 2.30. The van der Waals surface area contributed by atoms with Crippen molar-refractivity contribution in [2.45, 2.75) is 45.1 Å². The van der Waals surface area contributed by atoms with Crippen molar-refractivity contribution in [3.8, 4) is 0 Å². The van der Waals surface area contributed by atoms with E-state index in [2.05, 4.69) is 29.5 Å². The molecule has 0 aliphatic heterocycles. The van der Waals surface area contributed by atoms with Crippen molar-refractivity contribution in [3.05, 3.63) is 45.3 Å². The first-order valence-electron chi connectivity index (χ1n) is 9.87. The summed E-state index contributed by atoms with van der Waals surface area (Å²) >= 11 is 7.33. The maximum absolute atomic E-state index is 12.4. The first kappa shape index (κ1) is 21.6. The van der Waals surface area contributed by atoms with Crippen LogP contribution in [0.15, 0.2) is 24.3 Å². The third-order valence-corrected chi connectivity index (χ3v) is 6.72. The number of nitrogens with zero attached hydrogens (tertiary/aromatic N) is 1. The molecule has 0 radical (unpaired) electrons. The van der Waals surface area contributed by atoms with Gasteiger partial charge >= 0.3 is 6.03 Å². The number of carbonyl (C=O) groups is 2. The third-order valence-electron chi connectivity index (χ3n) is 5.30. The van der Waals surface area contributed by atoms with E-state index in [1.54, 1.807) is 24.3 Å². The molecule has 0 saturated heterocycles. The van der Waals surface area contributed by atoms with Crippen LogP contribution in [0.5, 0.6) is 0 Å². The molecular formula is C21H27ClN4O2S. The van der Waals surface area contributed by atoms with Crippen LogP contribution in [0.1, 0.15) is 47.0 Å². The van der Waals surface area contributed by atoms with Gasteiger partial charge in [-0.2, -0.15) is 0 Å². The second-order valence-electron chi connectivity index (χ2n) is 7.39. The molecule has 1 heterocycles. The lowest BCUT2D eigenvalue weighted by Crippen LogP contribution is -2.36. The van der Waals surface area contributed by atoms with E-state index >= 15 is 0 Å². The van der Waals surface area contributed by atoms with E-state index in [1.165, 1.54) is 24.2 Å². The number of thiophene rings is 1. The summed E-state index contributed by atoms with van der Waals surface area (Å²) in [7, 11) is 2.16. The molecule has 4 N–H and O–H groups in total. The zero-order valence-corrected chi connectivity index (χ0v) is 18.3. The number of hydrogen-bond acceptors (Lipinski definition) is 4. The smallest absolute Gasteiger partial charge is 0.324 e. The third kappa shape index (κ3) is 5.29. The van der Waals surface area contributed by atoms with E-state index in [9.17, 15) is 9.59 Å². The van der Waals surface area contributed by atoms with Gasteiger partial charge in [0, 0.05) is 21.6 Å². The zero-order valence-electron chi connectivity index (χ0n) is 16.8. The molecule has 3 rings (SSSR count). The summed E-state index contributed by atoms with van der Waals surface area (Å²) in [6, 6.07) is 6.87. The number of urea groups is 1. The number of likely N-dealkylation sites (N-methyl/N-ethyl adjacent to an activating group) is 1. The highest BCUT2D eigenvalue weighted by atomic mass is 35.5. The van der Waals surface area contributed by atoms with Gasteiger partial charge in [0.05, 0.1) is 5.56 Å². The van der Waals surface area contributed by atoms with Crippen LogP contribution in [-0.4, -0.2) is 36.5 Å². The number of nitrogens with two attached hydrogens (primary N) is 1. The molecule has 1 aromatic carbocycles. The number of amides is 3. The number of fused-ring (bicyclic) bond motifs is 1. The Morgan fingerprint density at radius 1 is 1.28 bits per heavy atom. The fraction of sp³-hybridized carbons (Fsp3) is 0.429. The average molecular weight is 435 g/mol. The van der Waals surface area contributed by atoms with Crippen LogP contribution in [0.2, 0.25) is 5.02 Å². The monoisotopic (exact) mass is 434 g/mol. The van der Waals surface area contributed by atoms with Crippen LogP contribution in [0.25, 0.3) is 0 Å². The molecule has 1 aliphatic carbocycles. The summed E-state index contributed by atoms with van der Waals surface area (Å²) in [4.78, 5) is 28.1. The Morgan fingerprint density at radius 2 is 2.00 bits per heavy atom. The van der Waals surface area contributed by atoms with Crippen LogP contribution >= 0.6 is 22.9 Å². The first-order chi connectivity index (χ1) is 13.9. The fourth-order valence-corrected chi connectivity index (χ4v) is 5.13. The normalized spacial score (nSPS) is 15.8. The molecule has 8 heteroatoms. The van der Waals surface area contributed by atoms with E-state index in [1.807, 2.05) is 0 Å². The minimum Gasteiger partial charge on any atom is -0.365 e. The van der Waals surface area contributed by atoms with E-state index in [0.717, 1.165) is 36.2 Å². The number of anilines is 2. The molecule has 6 nitrogen and oxygen atoms in total. The highest BCUT2D eigenvalue weighted by molar-refractivity contribution is 7.17. The topological polar surface area (TPSA) is 87.5 Å². The van der Waals surface area contributed by atoms with Crippen LogP contribution < -0.4 is 16.4 Å². The Hall–Kier alpha value is -2.09. The number of nitrogens with one attached hydrogen (secondary N) is 2. The van der Waals surface area contributed by atoms with Crippen molar-refractivity contribution in [1.82, 2.24) is 4.90 Å². The van der Waals surface area contributed by atoms with Gasteiger partial charge in [0.25, 0.3) is 5.91 Å². The number of carbonyl (C=O) groups excluding carboxylic acids is 2. The molecule has 3 amide bonds. The quantitative estimate of drug-likeness (QED) is 0.588. The molecule has 156 valence electrons.